The second kappa shape index (κ2) is 18.2. The van der Waals surface area contributed by atoms with E-state index in [1.165, 1.54) is 6.07 Å². The molecule has 11 nitrogen and oxygen atoms in total. The average Bonchev–Trinajstić information content (AvgIpc) is 3.09. The number of rotatable bonds is 9. The molecule has 1 aliphatic rings. The minimum atomic E-state index is -4.51. The molecule has 0 saturated heterocycles. The van der Waals surface area contributed by atoms with Crippen molar-refractivity contribution in [1.29, 1.82) is 0 Å². The third kappa shape index (κ3) is 11.4. The molecule has 14 heteroatoms. The second-order valence-corrected chi connectivity index (χ2v) is 13.4. The number of hydrogen-bond donors (Lipinski definition) is 4. The van der Waals surface area contributed by atoms with E-state index in [-0.39, 0.29) is 53.8 Å². The average molecular weight is 729 g/mol. The van der Waals surface area contributed by atoms with Crippen molar-refractivity contribution in [3.63, 3.8) is 0 Å². The van der Waals surface area contributed by atoms with E-state index in [1.807, 2.05) is 20.9 Å². The molecule has 3 aromatic rings. The van der Waals surface area contributed by atoms with Crippen LogP contribution in [0.1, 0.15) is 71.9 Å². The number of urea groups is 1. The highest BCUT2D eigenvalue weighted by Crippen LogP contribution is 2.31. The number of likely N-dealkylation sites (N-methyl/N-ethyl adjacent to an activating group) is 1. The molecule has 0 radical (unpaired) electrons. The zero-order chi connectivity index (χ0) is 38.0. The van der Waals surface area contributed by atoms with Crippen LogP contribution in [0.15, 0.2) is 66.7 Å². The van der Waals surface area contributed by atoms with Crippen LogP contribution in [0.4, 0.5) is 29.3 Å². The summed E-state index contributed by atoms with van der Waals surface area (Å²) in [6.45, 7) is 7.12. The summed E-state index contributed by atoms with van der Waals surface area (Å²) >= 11 is 0. The van der Waals surface area contributed by atoms with Gasteiger partial charge in [0.2, 0.25) is 0 Å². The molecule has 4 N–H and O–H groups in total. The number of carboxylic acids is 1. The molecule has 3 amide bonds. The summed E-state index contributed by atoms with van der Waals surface area (Å²) in [6, 6.07) is 14.1. The molecule has 0 aromatic heterocycles. The van der Waals surface area contributed by atoms with Crippen LogP contribution >= 0.6 is 0 Å². The van der Waals surface area contributed by atoms with Gasteiger partial charge in [-0.3, -0.25) is 9.69 Å². The Kier molecular flexibility index (Phi) is 14.0. The minimum absolute atomic E-state index is 0.146. The number of carboxylic acid groups (broad SMARTS) is 1. The Balaban J connectivity index is 1.55. The maximum Gasteiger partial charge on any atom is 0.416 e. The smallest absolute Gasteiger partial charge is 0.416 e. The van der Waals surface area contributed by atoms with Crippen molar-refractivity contribution in [2.24, 2.45) is 5.92 Å². The van der Waals surface area contributed by atoms with Crippen molar-refractivity contribution in [2.75, 3.05) is 44.0 Å². The van der Waals surface area contributed by atoms with E-state index >= 15 is 0 Å². The van der Waals surface area contributed by atoms with E-state index < -0.39 is 35.7 Å². The van der Waals surface area contributed by atoms with Gasteiger partial charge in [0.05, 0.1) is 41.5 Å². The van der Waals surface area contributed by atoms with Gasteiger partial charge in [-0.05, 0) is 100 Å². The number of ether oxygens (including phenoxy) is 2. The third-order valence-electron chi connectivity index (χ3n) is 8.92. The van der Waals surface area contributed by atoms with Crippen molar-refractivity contribution >= 4 is 29.3 Å². The van der Waals surface area contributed by atoms with Crippen molar-refractivity contribution < 1.29 is 47.2 Å². The number of carbonyl (C=O) groups excluding carboxylic acids is 2. The summed E-state index contributed by atoms with van der Waals surface area (Å²) in [4.78, 5) is 42.1. The number of aromatic carboxylic acids is 1. The van der Waals surface area contributed by atoms with E-state index in [9.17, 15) is 37.8 Å². The predicted molar refractivity (Wildman–Crippen MR) is 191 cm³/mol. The molecule has 4 rings (SSSR count). The molecule has 1 heterocycles. The first-order valence-electron chi connectivity index (χ1n) is 17.2. The topological polar surface area (TPSA) is 141 Å². The van der Waals surface area contributed by atoms with Gasteiger partial charge in [0.1, 0.15) is 5.75 Å². The van der Waals surface area contributed by atoms with Crippen LogP contribution in [0.2, 0.25) is 0 Å². The van der Waals surface area contributed by atoms with E-state index in [4.69, 9.17) is 9.47 Å². The lowest BCUT2D eigenvalue weighted by molar-refractivity contribution is -0.137. The first kappa shape index (κ1) is 40.1. The monoisotopic (exact) mass is 728 g/mol. The number of alkyl halides is 3. The Morgan fingerprint density at radius 3 is 2.29 bits per heavy atom. The molecule has 0 saturated carbocycles. The molecular formula is C38H47F3N4O7. The summed E-state index contributed by atoms with van der Waals surface area (Å²) in [7, 11) is 1.95. The number of nitrogens with one attached hydrogen (secondary N) is 2. The van der Waals surface area contributed by atoms with Gasteiger partial charge in [-0.25, -0.2) is 9.59 Å². The molecule has 0 spiro atoms. The number of nitrogens with zero attached hydrogens (tertiary/aromatic N) is 2. The number of fused-ring (bicyclic) bond motifs is 1. The molecule has 0 fully saturated rings. The molecule has 0 unspecified atom stereocenters. The van der Waals surface area contributed by atoms with Crippen LogP contribution in [0.5, 0.6) is 5.75 Å². The minimum Gasteiger partial charge on any atom is -0.490 e. The van der Waals surface area contributed by atoms with Gasteiger partial charge in [-0.2, -0.15) is 13.2 Å². The van der Waals surface area contributed by atoms with Crippen LogP contribution in [0.3, 0.4) is 0 Å². The Labute approximate surface area is 301 Å². The summed E-state index contributed by atoms with van der Waals surface area (Å²) in [6.07, 6.45) is -2.76. The quantitative estimate of drug-likeness (QED) is 0.185. The highest BCUT2D eigenvalue weighted by atomic mass is 19.4. The van der Waals surface area contributed by atoms with Gasteiger partial charge in [0, 0.05) is 43.5 Å². The maximum atomic E-state index is 14.4. The number of aliphatic hydroxyl groups excluding tert-OH is 1. The number of halogens is 3. The summed E-state index contributed by atoms with van der Waals surface area (Å²) < 4.78 is 51.5. The fourth-order valence-corrected chi connectivity index (χ4v) is 5.94. The van der Waals surface area contributed by atoms with Gasteiger partial charge in [-0.1, -0.05) is 19.1 Å². The highest BCUT2D eigenvalue weighted by molar-refractivity contribution is 6.02. The van der Waals surface area contributed by atoms with Crippen molar-refractivity contribution in [3.8, 4) is 5.75 Å². The van der Waals surface area contributed by atoms with E-state index in [1.54, 1.807) is 48.2 Å². The SMILES string of the molecule is C[C@H]1CCCCO[C@H](CN(C)Cc2ccc(C(=O)O)cc2)[C@@H](C)CN([C@@H](C)CO)C(=O)c2cc(NC(=O)Nc3ccc(C(F)(F)F)cc3)ccc2O1. The number of hydrogen-bond acceptors (Lipinski definition) is 7. The molecule has 0 bridgehead atoms. The van der Waals surface area contributed by atoms with Gasteiger partial charge in [-0.15, -0.1) is 0 Å². The molecule has 52 heavy (non-hydrogen) atoms. The number of anilines is 2. The van der Waals surface area contributed by atoms with E-state index in [0.29, 0.717) is 31.9 Å². The largest absolute Gasteiger partial charge is 0.490 e. The van der Waals surface area contributed by atoms with Crippen molar-refractivity contribution in [2.45, 2.75) is 71.0 Å². The molecule has 0 aliphatic carbocycles. The normalized spacial score (nSPS) is 19.6. The Morgan fingerprint density at radius 1 is 1.00 bits per heavy atom. The lowest BCUT2D eigenvalue weighted by Gasteiger charge is -2.36. The van der Waals surface area contributed by atoms with Crippen molar-refractivity contribution in [3.05, 3.63) is 89.0 Å². The van der Waals surface area contributed by atoms with Crippen LogP contribution in [-0.4, -0.2) is 89.5 Å². The Morgan fingerprint density at radius 2 is 1.65 bits per heavy atom. The maximum absolute atomic E-state index is 14.4. The predicted octanol–water partition coefficient (Wildman–Crippen LogP) is 6.98. The van der Waals surface area contributed by atoms with E-state index in [2.05, 4.69) is 15.5 Å². The van der Waals surface area contributed by atoms with Gasteiger partial charge >= 0.3 is 18.2 Å². The summed E-state index contributed by atoms with van der Waals surface area (Å²) in [5, 5.41) is 24.6. The molecule has 4 atom stereocenters. The highest BCUT2D eigenvalue weighted by Gasteiger charge is 2.31. The first-order valence-corrected chi connectivity index (χ1v) is 17.2. The zero-order valence-corrected chi connectivity index (χ0v) is 29.8. The van der Waals surface area contributed by atoms with Crippen molar-refractivity contribution in [1.82, 2.24) is 9.80 Å². The third-order valence-corrected chi connectivity index (χ3v) is 8.92. The lowest BCUT2D eigenvalue weighted by Crippen LogP contribution is -2.47. The van der Waals surface area contributed by atoms with Crippen LogP contribution < -0.4 is 15.4 Å². The number of aliphatic hydroxyl groups is 1. The Hall–Kier alpha value is -4.66. The van der Waals surface area contributed by atoms with Gasteiger partial charge < -0.3 is 35.2 Å². The molecule has 3 aromatic carbocycles. The number of carbonyl (C=O) groups is 3. The van der Waals surface area contributed by atoms with Gasteiger partial charge in [0.15, 0.2) is 0 Å². The standard InChI is InChI=1S/C38H47F3N4O7/c1-24-20-45(25(2)23-46)35(47)32-19-31(43-37(50)42-30-14-12-29(13-15-30)38(39,40)41)16-17-33(32)52-26(3)7-5-6-18-51-34(24)22-44(4)21-27-8-10-28(11-9-27)36(48)49/h8-17,19,24-26,34,46H,5-7,18,20-23H2,1-4H3,(H,48,49)(H2,42,43,50)/t24-,25-,26-,34+/m0/s1. The fraction of sp³-hybridized carbons (Fsp3) is 0.447. The fourth-order valence-electron chi connectivity index (χ4n) is 5.94. The number of amides is 3. The van der Waals surface area contributed by atoms with Gasteiger partial charge in [0.25, 0.3) is 5.91 Å². The summed E-state index contributed by atoms with van der Waals surface area (Å²) in [5.74, 6) is -1.29. The van der Waals surface area contributed by atoms with Crippen LogP contribution in [-0.2, 0) is 17.5 Å². The molecule has 282 valence electrons. The second-order valence-electron chi connectivity index (χ2n) is 13.4. The summed E-state index contributed by atoms with van der Waals surface area (Å²) in [5.41, 5.74) is 0.869. The zero-order valence-electron chi connectivity index (χ0n) is 29.8. The lowest BCUT2D eigenvalue weighted by atomic mass is 10.0. The van der Waals surface area contributed by atoms with E-state index in [0.717, 1.165) is 42.7 Å². The first-order chi connectivity index (χ1) is 24.6. The van der Waals surface area contributed by atoms with Crippen LogP contribution in [0, 0.1) is 5.92 Å². The molecule has 1 aliphatic heterocycles. The molecular weight excluding hydrogens is 681 g/mol. The Bertz CT molecular complexity index is 1650. The number of benzene rings is 3. The van der Waals surface area contributed by atoms with Crippen LogP contribution in [0.25, 0.3) is 0 Å².